The van der Waals surface area contributed by atoms with Crippen molar-refractivity contribution in [2.45, 2.75) is 33.3 Å². The van der Waals surface area contributed by atoms with Crippen LogP contribution in [0.4, 0.5) is 10.5 Å². The second kappa shape index (κ2) is 9.94. The second-order valence-corrected chi connectivity index (χ2v) is 6.99. The quantitative estimate of drug-likeness (QED) is 0.540. The highest BCUT2D eigenvalue weighted by Gasteiger charge is 2.17. The summed E-state index contributed by atoms with van der Waals surface area (Å²) in [4.78, 5) is 23.3. The fraction of sp³-hybridized carbons (Fsp3) is 0.429. The number of hydrogen-bond acceptors (Lipinski definition) is 6. The van der Waals surface area contributed by atoms with Gasteiger partial charge in [-0.15, -0.1) is 0 Å². The predicted octanol–water partition coefficient (Wildman–Crippen LogP) is 4.15. The molecular weight excluding hydrogens is 362 g/mol. The number of amides is 1. The van der Waals surface area contributed by atoms with Gasteiger partial charge in [0, 0.05) is 10.8 Å². The molecule has 152 valence electrons. The Hall–Kier alpha value is -2.80. The highest BCUT2D eigenvalue weighted by atomic mass is 16.6. The summed E-state index contributed by atoms with van der Waals surface area (Å²) in [6, 6.07) is 11.1. The first-order valence-electron chi connectivity index (χ1n) is 9.18. The summed E-state index contributed by atoms with van der Waals surface area (Å²) in [5, 5.41) is 4.46. The van der Waals surface area contributed by atoms with Crippen molar-refractivity contribution in [2.24, 2.45) is 0 Å². The van der Waals surface area contributed by atoms with Crippen LogP contribution in [0, 0.1) is 0 Å². The smallest absolute Gasteiger partial charge is 0.412 e. The van der Waals surface area contributed by atoms with E-state index in [-0.39, 0.29) is 19.8 Å². The number of carbonyl (C=O) groups excluding carboxylic acids is 2. The molecule has 0 fully saturated rings. The molecule has 7 heteroatoms. The van der Waals surface area contributed by atoms with Gasteiger partial charge in [-0.05, 0) is 39.8 Å². The van der Waals surface area contributed by atoms with Gasteiger partial charge in [0.1, 0.15) is 24.6 Å². The highest BCUT2D eigenvalue weighted by molar-refractivity contribution is 6.02. The molecular formula is C21H27NO6. The van der Waals surface area contributed by atoms with Gasteiger partial charge in [0.2, 0.25) is 0 Å². The average Bonchev–Trinajstić information content (AvgIpc) is 2.60. The Bertz CT molecular complexity index is 812. The minimum absolute atomic E-state index is 0.101. The number of rotatable bonds is 8. The van der Waals surface area contributed by atoms with Gasteiger partial charge in [-0.1, -0.05) is 24.3 Å². The summed E-state index contributed by atoms with van der Waals surface area (Å²) in [6.45, 7) is 7.94. The summed E-state index contributed by atoms with van der Waals surface area (Å²) in [5.74, 6) is 0.260. The van der Waals surface area contributed by atoms with E-state index < -0.39 is 17.7 Å². The number of ether oxygens (including phenoxy) is 4. The zero-order valence-corrected chi connectivity index (χ0v) is 16.7. The van der Waals surface area contributed by atoms with E-state index in [9.17, 15) is 9.59 Å². The van der Waals surface area contributed by atoms with Gasteiger partial charge < -0.3 is 18.9 Å². The van der Waals surface area contributed by atoms with Crippen LogP contribution in [0.25, 0.3) is 10.8 Å². The molecule has 0 saturated carbocycles. The summed E-state index contributed by atoms with van der Waals surface area (Å²) >= 11 is 0. The van der Waals surface area contributed by atoms with Gasteiger partial charge in [0.25, 0.3) is 0 Å². The molecule has 2 aromatic rings. The molecule has 0 saturated heterocycles. The third-order valence-electron chi connectivity index (χ3n) is 3.53. The number of fused-ring (bicyclic) bond motifs is 1. The lowest BCUT2D eigenvalue weighted by Gasteiger charge is -2.20. The van der Waals surface area contributed by atoms with Crippen molar-refractivity contribution in [3.05, 3.63) is 36.4 Å². The normalized spacial score (nSPS) is 11.1. The zero-order valence-electron chi connectivity index (χ0n) is 16.7. The van der Waals surface area contributed by atoms with Crippen LogP contribution in [0.1, 0.15) is 27.7 Å². The summed E-state index contributed by atoms with van der Waals surface area (Å²) < 4.78 is 21.1. The number of carbonyl (C=O) groups is 2. The number of hydrogen-bond donors (Lipinski definition) is 1. The van der Waals surface area contributed by atoms with E-state index in [0.717, 1.165) is 10.8 Å². The fourth-order valence-electron chi connectivity index (χ4n) is 2.50. The van der Waals surface area contributed by atoms with Crippen molar-refractivity contribution in [3.63, 3.8) is 0 Å². The van der Waals surface area contributed by atoms with Crippen LogP contribution in [0.15, 0.2) is 36.4 Å². The van der Waals surface area contributed by atoms with Crippen LogP contribution in [0.2, 0.25) is 0 Å². The molecule has 0 unspecified atom stereocenters. The lowest BCUT2D eigenvalue weighted by atomic mass is 10.1. The molecule has 0 radical (unpaired) electrons. The number of anilines is 1. The van der Waals surface area contributed by atoms with Crippen molar-refractivity contribution >= 4 is 28.5 Å². The Morgan fingerprint density at radius 1 is 1.00 bits per heavy atom. The predicted molar refractivity (Wildman–Crippen MR) is 107 cm³/mol. The molecule has 1 amide bonds. The van der Waals surface area contributed by atoms with Gasteiger partial charge in [0.15, 0.2) is 0 Å². The van der Waals surface area contributed by atoms with E-state index in [1.807, 2.05) is 51.1 Å². The molecule has 0 aliphatic carbocycles. The Morgan fingerprint density at radius 2 is 1.71 bits per heavy atom. The monoisotopic (exact) mass is 389 g/mol. The molecule has 0 aliphatic rings. The standard InChI is InChI=1S/C21H27NO6/c1-5-26-19(23)14-25-12-13-27-18-11-7-8-15-16(18)9-6-10-17(15)22-20(24)28-21(2,3)4/h6-11H,5,12-14H2,1-4H3,(H,22,24). The maximum Gasteiger partial charge on any atom is 0.412 e. The average molecular weight is 389 g/mol. The van der Waals surface area contributed by atoms with Crippen LogP contribution in [-0.2, 0) is 19.0 Å². The summed E-state index contributed by atoms with van der Waals surface area (Å²) in [7, 11) is 0. The third kappa shape index (κ3) is 6.74. The SMILES string of the molecule is CCOC(=O)COCCOc1cccc2c(NC(=O)OC(C)(C)C)cccc12. The molecule has 1 N–H and O–H groups in total. The van der Waals surface area contributed by atoms with Crippen LogP contribution < -0.4 is 10.1 Å². The molecule has 0 spiro atoms. The molecule has 7 nitrogen and oxygen atoms in total. The Balaban J connectivity index is 2.00. The molecule has 0 aromatic heterocycles. The van der Waals surface area contributed by atoms with Gasteiger partial charge in [-0.3, -0.25) is 5.32 Å². The third-order valence-corrected chi connectivity index (χ3v) is 3.53. The van der Waals surface area contributed by atoms with Crippen molar-refractivity contribution in [3.8, 4) is 5.75 Å². The van der Waals surface area contributed by atoms with Gasteiger partial charge >= 0.3 is 12.1 Å². The Labute approximate surface area is 164 Å². The fourth-order valence-corrected chi connectivity index (χ4v) is 2.50. The molecule has 0 aliphatic heterocycles. The van der Waals surface area contributed by atoms with E-state index >= 15 is 0 Å². The number of nitrogens with one attached hydrogen (secondary N) is 1. The summed E-state index contributed by atoms with van der Waals surface area (Å²) in [6.07, 6.45) is -0.515. The van der Waals surface area contributed by atoms with Crippen LogP contribution in [-0.4, -0.2) is 44.1 Å². The van der Waals surface area contributed by atoms with Gasteiger partial charge in [-0.25, -0.2) is 9.59 Å². The van der Waals surface area contributed by atoms with Gasteiger partial charge in [0.05, 0.1) is 18.9 Å². The van der Waals surface area contributed by atoms with E-state index in [4.69, 9.17) is 18.9 Å². The van der Waals surface area contributed by atoms with E-state index in [0.29, 0.717) is 18.0 Å². The molecule has 2 aromatic carbocycles. The molecule has 0 bridgehead atoms. The minimum Gasteiger partial charge on any atom is -0.491 e. The first kappa shape index (κ1) is 21.5. The van der Waals surface area contributed by atoms with E-state index in [2.05, 4.69) is 5.32 Å². The molecule has 28 heavy (non-hydrogen) atoms. The van der Waals surface area contributed by atoms with E-state index in [1.165, 1.54) is 0 Å². The Kier molecular flexibility index (Phi) is 7.63. The van der Waals surface area contributed by atoms with Crippen LogP contribution in [0.3, 0.4) is 0 Å². The number of benzene rings is 2. The lowest BCUT2D eigenvalue weighted by molar-refractivity contribution is -0.148. The van der Waals surface area contributed by atoms with Crippen molar-refractivity contribution in [2.75, 3.05) is 31.7 Å². The zero-order chi connectivity index (χ0) is 20.6. The molecule has 0 atom stereocenters. The largest absolute Gasteiger partial charge is 0.491 e. The topological polar surface area (TPSA) is 83.1 Å². The van der Waals surface area contributed by atoms with E-state index in [1.54, 1.807) is 13.0 Å². The highest BCUT2D eigenvalue weighted by Crippen LogP contribution is 2.31. The Morgan fingerprint density at radius 3 is 2.43 bits per heavy atom. The minimum atomic E-state index is -0.577. The summed E-state index contributed by atoms with van der Waals surface area (Å²) in [5.41, 5.74) is 0.0581. The van der Waals surface area contributed by atoms with Crippen molar-refractivity contribution < 1.29 is 28.5 Å². The van der Waals surface area contributed by atoms with Crippen LogP contribution >= 0.6 is 0 Å². The maximum atomic E-state index is 12.1. The van der Waals surface area contributed by atoms with Gasteiger partial charge in [-0.2, -0.15) is 0 Å². The van der Waals surface area contributed by atoms with Crippen LogP contribution in [0.5, 0.6) is 5.75 Å². The lowest BCUT2D eigenvalue weighted by Crippen LogP contribution is -2.27. The van der Waals surface area contributed by atoms with Crippen molar-refractivity contribution in [1.82, 2.24) is 0 Å². The molecule has 2 rings (SSSR count). The van der Waals surface area contributed by atoms with Crippen molar-refractivity contribution in [1.29, 1.82) is 0 Å². The first-order valence-corrected chi connectivity index (χ1v) is 9.18. The maximum absolute atomic E-state index is 12.1. The number of esters is 1. The molecule has 0 heterocycles. The first-order chi connectivity index (χ1) is 13.3. The second-order valence-electron chi connectivity index (χ2n) is 6.99.